The number of carboxylic acid groups (broad SMARTS) is 1. The molecule has 0 fully saturated rings. The zero-order chi connectivity index (χ0) is 19.6. The number of nitriles is 1. The monoisotopic (exact) mass is 369 g/mol. The van der Waals surface area contributed by atoms with E-state index in [4.69, 9.17) is 19.9 Å². The van der Waals surface area contributed by atoms with Gasteiger partial charge >= 0.3 is 5.97 Å². The Kier molecular flexibility index (Phi) is 5.14. The molecule has 1 aliphatic rings. The summed E-state index contributed by atoms with van der Waals surface area (Å²) in [5.41, 5.74) is 8.76. The fourth-order valence-electron chi connectivity index (χ4n) is 3.03. The van der Waals surface area contributed by atoms with Crippen LogP contribution in [-0.4, -0.2) is 35.9 Å². The number of methoxy groups -OCH3 is 1. The quantitative estimate of drug-likeness (QED) is 0.820. The number of nitrogens with zero attached hydrogens (tertiary/aromatic N) is 2. The number of benzene rings is 1. The average Bonchev–Trinajstić information content (AvgIpc) is 2.67. The molecule has 0 saturated carbocycles. The minimum atomic E-state index is -1.12. The van der Waals surface area contributed by atoms with Crippen LogP contribution in [0.3, 0.4) is 0 Å². The van der Waals surface area contributed by atoms with Gasteiger partial charge < -0.3 is 25.1 Å². The number of nitrogens with two attached hydrogens (primary N) is 1. The summed E-state index contributed by atoms with van der Waals surface area (Å²) in [6.45, 7) is 2.21. The first-order valence-electron chi connectivity index (χ1n) is 8.33. The summed E-state index contributed by atoms with van der Waals surface area (Å²) in [4.78, 5) is 15.6. The molecular weight excluding hydrogens is 350 g/mol. The second-order valence-corrected chi connectivity index (χ2v) is 6.02. The Bertz CT molecular complexity index is 936. The Morgan fingerprint density at radius 2 is 2.26 bits per heavy atom. The predicted molar refractivity (Wildman–Crippen MR) is 96.4 cm³/mol. The van der Waals surface area contributed by atoms with Crippen molar-refractivity contribution in [2.24, 2.45) is 0 Å². The van der Waals surface area contributed by atoms with Crippen molar-refractivity contribution in [1.29, 1.82) is 5.26 Å². The van der Waals surface area contributed by atoms with Crippen molar-refractivity contribution < 1.29 is 24.1 Å². The summed E-state index contributed by atoms with van der Waals surface area (Å²) >= 11 is 0. The summed E-state index contributed by atoms with van der Waals surface area (Å²) < 4.78 is 16.6. The molecule has 8 heteroatoms. The maximum atomic E-state index is 11.3. The van der Waals surface area contributed by atoms with Crippen molar-refractivity contribution in [2.45, 2.75) is 26.1 Å². The molecule has 1 atom stereocenters. The van der Waals surface area contributed by atoms with Crippen LogP contribution in [0, 0.1) is 11.3 Å². The number of ether oxygens (including phenoxy) is 3. The van der Waals surface area contributed by atoms with E-state index >= 15 is 0 Å². The number of aliphatic carboxylic acids is 1. The number of carboxylic acids is 1. The largest absolute Gasteiger partial charge is 0.493 e. The Morgan fingerprint density at radius 1 is 1.48 bits per heavy atom. The highest BCUT2D eigenvalue weighted by molar-refractivity contribution is 5.84. The average molecular weight is 369 g/mol. The van der Waals surface area contributed by atoms with Gasteiger partial charge in [-0.05, 0) is 13.0 Å². The van der Waals surface area contributed by atoms with Crippen LogP contribution >= 0.6 is 0 Å². The third-order valence-electron chi connectivity index (χ3n) is 4.36. The molecule has 0 saturated heterocycles. The highest BCUT2D eigenvalue weighted by Gasteiger charge is 2.27. The number of fused-ring (bicyclic) bond motifs is 1. The summed E-state index contributed by atoms with van der Waals surface area (Å²) in [5, 5.41) is 18.9. The van der Waals surface area contributed by atoms with Gasteiger partial charge in [0.05, 0.1) is 26.0 Å². The third kappa shape index (κ3) is 3.37. The van der Waals surface area contributed by atoms with Crippen molar-refractivity contribution >= 4 is 11.8 Å². The van der Waals surface area contributed by atoms with Crippen molar-refractivity contribution in [1.82, 2.24) is 4.98 Å². The lowest BCUT2D eigenvalue weighted by molar-refractivity contribution is -0.144. The van der Waals surface area contributed by atoms with Crippen molar-refractivity contribution in [3.8, 4) is 28.7 Å². The molecule has 8 nitrogen and oxygen atoms in total. The molecule has 2 aromatic rings. The molecular formula is C19H19N3O5. The summed E-state index contributed by atoms with van der Waals surface area (Å²) in [5.74, 6) is -0.421. The molecule has 2 heterocycles. The zero-order valence-corrected chi connectivity index (χ0v) is 15.0. The summed E-state index contributed by atoms with van der Waals surface area (Å²) in [7, 11) is 1.46. The molecule has 0 amide bonds. The molecule has 0 bridgehead atoms. The highest BCUT2D eigenvalue weighted by Crippen LogP contribution is 2.43. The molecule has 3 N–H and O–H groups in total. The Morgan fingerprint density at radius 3 is 2.93 bits per heavy atom. The van der Waals surface area contributed by atoms with E-state index in [9.17, 15) is 15.2 Å². The van der Waals surface area contributed by atoms with E-state index in [1.807, 2.05) is 0 Å². The molecule has 1 aromatic heterocycles. The van der Waals surface area contributed by atoms with Gasteiger partial charge in [-0.15, -0.1) is 0 Å². The van der Waals surface area contributed by atoms with Crippen LogP contribution in [0.1, 0.15) is 23.7 Å². The van der Waals surface area contributed by atoms with Gasteiger partial charge in [0.2, 0.25) is 0 Å². The van der Waals surface area contributed by atoms with Gasteiger partial charge in [-0.25, -0.2) is 9.78 Å². The Labute approximate surface area is 156 Å². The van der Waals surface area contributed by atoms with Gasteiger partial charge in [0, 0.05) is 23.1 Å². The van der Waals surface area contributed by atoms with Gasteiger partial charge in [-0.2, -0.15) is 5.26 Å². The predicted octanol–water partition coefficient (Wildman–Crippen LogP) is 2.14. The second kappa shape index (κ2) is 7.51. The SMILES string of the molecule is COc1cccc(-c2c(C#N)c(N)nc3c2COCC3)c1O[C@@H](C)C(=O)O. The molecule has 1 aliphatic heterocycles. The molecule has 27 heavy (non-hydrogen) atoms. The molecule has 0 aliphatic carbocycles. The number of para-hydroxylation sites is 1. The Hall–Kier alpha value is -3.31. The van der Waals surface area contributed by atoms with Crippen molar-refractivity contribution in [2.75, 3.05) is 19.5 Å². The van der Waals surface area contributed by atoms with Crippen LogP contribution in [0.4, 0.5) is 5.82 Å². The van der Waals surface area contributed by atoms with E-state index in [-0.39, 0.29) is 23.7 Å². The van der Waals surface area contributed by atoms with E-state index in [2.05, 4.69) is 11.1 Å². The first kappa shape index (κ1) is 18.5. The van der Waals surface area contributed by atoms with E-state index in [1.54, 1.807) is 18.2 Å². The topological polar surface area (TPSA) is 128 Å². The minimum absolute atomic E-state index is 0.119. The molecule has 0 unspecified atom stereocenters. The van der Waals surface area contributed by atoms with Gasteiger partial charge in [0.1, 0.15) is 17.5 Å². The maximum Gasteiger partial charge on any atom is 0.344 e. The van der Waals surface area contributed by atoms with Gasteiger partial charge in [-0.3, -0.25) is 0 Å². The third-order valence-corrected chi connectivity index (χ3v) is 4.36. The minimum Gasteiger partial charge on any atom is -0.493 e. The maximum absolute atomic E-state index is 11.3. The number of hydrogen-bond donors (Lipinski definition) is 2. The summed E-state index contributed by atoms with van der Waals surface area (Å²) in [6, 6.07) is 7.23. The van der Waals surface area contributed by atoms with E-state index in [0.29, 0.717) is 29.9 Å². The number of hydrogen-bond acceptors (Lipinski definition) is 7. The normalized spacial score (nSPS) is 14.0. The van der Waals surface area contributed by atoms with Gasteiger partial charge in [-0.1, -0.05) is 12.1 Å². The standard InChI is InChI=1S/C19H19N3O5/c1-10(19(23)24)27-17-11(4-3-5-15(17)25-2)16-12(8-20)18(21)22-14-6-7-26-9-13(14)16/h3-5,10H,6-7,9H2,1-2H3,(H2,21,22)(H,23,24)/t10-/m0/s1. The van der Waals surface area contributed by atoms with Gasteiger partial charge in [0.15, 0.2) is 17.6 Å². The number of rotatable bonds is 5. The molecule has 1 aromatic carbocycles. The van der Waals surface area contributed by atoms with Crippen LogP contribution in [0.5, 0.6) is 11.5 Å². The lowest BCUT2D eigenvalue weighted by Gasteiger charge is -2.24. The van der Waals surface area contributed by atoms with Crippen LogP contribution in [0.2, 0.25) is 0 Å². The van der Waals surface area contributed by atoms with E-state index < -0.39 is 12.1 Å². The van der Waals surface area contributed by atoms with E-state index in [1.165, 1.54) is 14.0 Å². The second-order valence-electron chi connectivity index (χ2n) is 6.02. The summed E-state index contributed by atoms with van der Waals surface area (Å²) in [6.07, 6.45) is -0.541. The number of aromatic nitrogens is 1. The molecule has 0 spiro atoms. The van der Waals surface area contributed by atoms with E-state index in [0.717, 1.165) is 11.3 Å². The first-order chi connectivity index (χ1) is 13.0. The smallest absolute Gasteiger partial charge is 0.344 e. The zero-order valence-electron chi connectivity index (χ0n) is 15.0. The van der Waals surface area contributed by atoms with Crippen LogP contribution in [0.25, 0.3) is 11.1 Å². The molecule has 140 valence electrons. The molecule has 3 rings (SSSR count). The van der Waals surface area contributed by atoms with Crippen LogP contribution < -0.4 is 15.2 Å². The number of pyridine rings is 1. The van der Waals surface area contributed by atoms with Gasteiger partial charge in [0.25, 0.3) is 0 Å². The first-order valence-corrected chi connectivity index (χ1v) is 8.33. The molecule has 0 radical (unpaired) electrons. The fraction of sp³-hybridized carbons (Fsp3) is 0.316. The Balaban J connectivity index is 2.30. The van der Waals surface area contributed by atoms with Crippen molar-refractivity contribution in [3.05, 3.63) is 35.0 Å². The van der Waals surface area contributed by atoms with Crippen molar-refractivity contribution in [3.63, 3.8) is 0 Å². The number of nitrogen functional groups attached to an aromatic ring is 1. The lowest BCUT2D eigenvalue weighted by Crippen LogP contribution is -2.23. The highest BCUT2D eigenvalue weighted by atomic mass is 16.5. The fourth-order valence-corrected chi connectivity index (χ4v) is 3.03. The van der Waals surface area contributed by atoms with Crippen LogP contribution in [0.15, 0.2) is 18.2 Å². The van der Waals surface area contributed by atoms with Crippen LogP contribution in [-0.2, 0) is 22.6 Å². The number of anilines is 1. The number of carbonyl (C=O) groups is 1. The lowest BCUT2D eigenvalue weighted by atomic mass is 9.92.